The molecule has 8 heteroatoms. The number of hydrogen-bond acceptors (Lipinski definition) is 5. The summed E-state index contributed by atoms with van der Waals surface area (Å²) in [6.45, 7) is 1.44. The first kappa shape index (κ1) is 17.7. The van der Waals surface area contributed by atoms with Crippen LogP contribution in [0.25, 0.3) is 11.4 Å². The number of aromatic nitrogens is 2. The van der Waals surface area contributed by atoms with Crippen LogP contribution in [0.2, 0.25) is 5.02 Å². The average Bonchev–Trinajstić information content (AvgIpc) is 3.20. The third-order valence-corrected chi connectivity index (χ3v) is 3.64. The monoisotopic (exact) mass is 356 g/mol. The summed E-state index contributed by atoms with van der Waals surface area (Å²) < 4.78 is 5.12. The smallest absolute Gasteiger partial charge is 0.246 e. The van der Waals surface area contributed by atoms with Crippen molar-refractivity contribution in [2.24, 2.45) is 5.92 Å². The minimum absolute atomic E-state index is 0. The number of carbonyl (C=O) groups is 1. The van der Waals surface area contributed by atoms with E-state index < -0.39 is 0 Å². The Hall–Kier alpha value is -1.63. The first-order valence-electron chi connectivity index (χ1n) is 7.26. The van der Waals surface area contributed by atoms with E-state index in [1.165, 1.54) is 12.8 Å². The lowest BCUT2D eigenvalue weighted by Crippen LogP contribution is -2.34. The molecule has 1 aromatic heterocycles. The van der Waals surface area contributed by atoms with Gasteiger partial charge in [-0.15, -0.1) is 12.4 Å². The van der Waals surface area contributed by atoms with Crippen molar-refractivity contribution in [2.75, 3.05) is 13.1 Å². The van der Waals surface area contributed by atoms with Gasteiger partial charge in [0, 0.05) is 10.6 Å². The molecule has 6 nitrogen and oxygen atoms in total. The SMILES string of the molecule is Cl.O=C(CNCC1CC1)NCc1nc(-c2cccc(Cl)c2)no1. The molecule has 0 unspecified atom stereocenters. The second-order valence-electron chi connectivity index (χ2n) is 5.37. The third kappa shape index (κ3) is 5.49. The maximum absolute atomic E-state index is 11.7. The third-order valence-electron chi connectivity index (χ3n) is 3.40. The van der Waals surface area contributed by atoms with Crippen molar-refractivity contribution in [1.29, 1.82) is 0 Å². The number of halogens is 2. The summed E-state index contributed by atoms with van der Waals surface area (Å²) in [7, 11) is 0. The molecule has 2 aromatic rings. The minimum atomic E-state index is -0.0804. The molecule has 1 aliphatic rings. The molecule has 1 aromatic carbocycles. The van der Waals surface area contributed by atoms with E-state index in [0.29, 0.717) is 23.3 Å². The average molecular weight is 357 g/mol. The number of rotatable bonds is 7. The van der Waals surface area contributed by atoms with Crippen molar-refractivity contribution in [1.82, 2.24) is 20.8 Å². The van der Waals surface area contributed by atoms with Gasteiger partial charge in [0.05, 0.1) is 13.1 Å². The van der Waals surface area contributed by atoms with Gasteiger partial charge in [-0.2, -0.15) is 4.98 Å². The summed E-state index contributed by atoms with van der Waals surface area (Å²) in [4.78, 5) is 15.9. The Bertz CT molecular complexity index is 658. The Balaban J connectivity index is 0.00000192. The highest BCUT2D eigenvalue weighted by atomic mass is 35.5. The van der Waals surface area contributed by atoms with Crippen LogP contribution in [0.1, 0.15) is 18.7 Å². The van der Waals surface area contributed by atoms with Gasteiger partial charge in [-0.1, -0.05) is 28.9 Å². The zero-order valence-electron chi connectivity index (χ0n) is 12.4. The molecule has 23 heavy (non-hydrogen) atoms. The van der Waals surface area contributed by atoms with E-state index >= 15 is 0 Å². The van der Waals surface area contributed by atoms with E-state index in [1.807, 2.05) is 12.1 Å². The molecule has 1 heterocycles. The Morgan fingerprint density at radius 3 is 2.96 bits per heavy atom. The summed E-state index contributed by atoms with van der Waals surface area (Å²) in [5.74, 6) is 1.50. The molecule has 0 saturated heterocycles. The highest BCUT2D eigenvalue weighted by molar-refractivity contribution is 6.30. The largest absolute Gasteiger partial charge is 0.346 e. The van der Waals surface area contributed by atoms with Gasteiger partial charge in [0.1, 0.15) is 0 Å². The van der Waals surface area contributed by atoms with Crippen LogP contribution in [-0.4, -0.2) is 29.1 Å². The fourth-order valence-corrected chi connectivity index (χ4v) is 2.21. The maximum Gasteiger partial charge on any atom is 0.246 e. The molecule has 1 fully saturated rings. The number of benzene rings is 1. The molecular formula is C15H18Cl2N4O2. The number of hydrogen-bond donors (Lipinski definition) is 2. The van der Waals surface area contributed by atoms with Gasteiger partial charge in [0.2, 0.25) is 17.6 Å². The lowest BCUT2D eigenvalue weighted by Gasteiger charge is -2.03. The molecule has 0 bridgehead atoms. The number of amides is 1. The zero-order valence-corrected chi connectivity index (χ0v) is 14.0. The molecule has 2 N–H and O–H groups in total. The first-order valence-corrected chi connectivity index (χ1v) is 7.64. The Kier molecular flexibility index (Phi) is 6.38. The number of carbonyl (C=O) groups excluding carboxylic acids is 1. The van der Waals surface area contributed by atoms with Crippen molar-refractivity contribution in [3.63, 3.8) is 0 Å². The molecule has 0 atom stereocenters. The maximum atomic E-state index is 11.7. The fourth-order valence-electron chi connectivity index (χ4n) is 2.02. The molecule has 1 aliphatic carbocycles. The second kappa shape index (κ2) is 8.29. The fraction of sp³-hybridized carbons (Fsp3) is 0.400. The lowest BCUT2D eigenvalue weighted by molar-refractivity contribution is -0.120. The van der Waals surface area contributed by atoms with E-state index in [9.17, 15) is 4.79 Å². The van der Waals surface area contributed by atoms with Gasteiger partial charge < -0.3 is 15.2 Å². The summed E-state index contributed by atoms with van der Waals surface area (Å²) in [5.41, 5.74) is 0.778. The molecule has 0 aliphatic heterocycles. The van der Waals surface area contributed by atoms with Crippen molar-refractivity contribution < 1.29 is 9.32 Å². The van der Waals surface area contributed by atoms with Crippen molar-refractivity contribution >= 4 is 29.9 Å². The van der Waals surface area contributed by atoms with Crippen LogP contribution >= 0.6 is 24.0 Å². The van der Waals surface area contributed by atoms with Crippen LogP contribution < -0.4 is 10.6 Å². The van der Waals surface area contributed by atoms with Crippen LogP contribution in [-0.2, 0) is 11.3 Å². The second-order valence-corrected chi connectivity index (χ2v) is 5.81. The summed E-state index contributed by atoms with van der Waals surface area (Å²) in [6, 6.07) is 7.21. The highest BCUT2D eigenvalue weighted by Crippen LogP contribution is 2.27. The molecule has 3 rings (SSSR count). The molecule has 1 saturated carbocycles. The highest BCUT2D eigenvalue weighted by Gasteiger charge is 2.20. The Morgan fingerprint density at radius 2 is 2.22 bits per heavy atom. The predicted octanol–water partition coefficient (Wildman–Crippen LogP) is 2.43. The molecule has 1 amide bonds. The predicted molar refractivity (Wildman–Crippen MR) is 89.4 cm³/mol. The Labute approximate surface area is 145 Å². The van der Waals surface area contributed by atoms with Gasteiger partial charge in [-0.3, -0.25) is 4.79 Å². The molecule has 124 valence electrons. The molecule has 0 radical (unpaired) electrons. The van der Waals surface area contributed by atoms with Gasteiger partial charge >= 0.3 is 0 Å². The zero-order chi connectivity index (χ0) is 15.4. The standard InChI is InChI=1S/C15H17ClN4O2.ClH/c16-12-3-1-2-11(6-12)15-19-14(22-20-15)9-18-13(21)8-17-7-10-4-5-10;/h1-3,6,10,17H,4-5,7-9H2,(H,18,21);1H. The van der Waals surface area contributed by atoms with Gasteiger partial charge in [-0.05, 0) is 37.4 Å². The van der Waals surface area contributed by atoms with E-state index in [2.05, 4.69) is 20.8 Å². The topological polar surface area (TPSA) is 80.0 Å². The number of nitrogens with zero attached hydrogens (tertiary/aromatic N) is 2. The quantitative estimate of drug-likeness (QED) is 0.796. The van der Waals surface area contributed by atoms with Crippen LogP contribution in [0.5, 0.6) is 0 Å². The normalized spacial score (nSPS) is 13.4. The summed E-state index contributed by atoms with van der Waals surface area (Å²) >= 11 is 5.93. The van der Waals surface area contributed by atoms with Gasteiger partial charge in [0.15, 0.2) is 0 Å². The van der Waals surface area contributed by atoms with Crippen LogP contribution in [0, 0.1) is 5.92 Å². The number of nitrogens with one attached hydrogen (secondary N) is 2. The van der Waals surface area contributed by atoms with Crippen LogP contribution in [0.4, 0.5) is 0 Å². The lowest BCUT2D eigenvalue weighted by atomic mass is 10.2. The first-order chi connectivity index (χ1) is 10.7. The van der Waals surface area contributed by atoms with Crippen molar-refractivity contribution in [3.05, 3.63) is 35.2 Å². The van der Waals surface area contributed by atoms with E-state index in [1.54, 1.807) is 12.1 Å². The van der Waals surface area contributed by atoms with Gasteiger partial charge in [-0.25, -0.2) is 0 Å². The summed E-state index contributed by atoms with van der Waals surface area (Å²) in [6.07, 6.45) is 2.53. The molecular weight excluding hydrogens is 339 g/mol. The Morgan fingerprint density at radius 1 is 1.39 bits per heavy atom. The van der Waals surface area contributed by atoms with E-state index in [-0.39, 0.29) is 24.9 Å². The van der Waals surface area contributed by atoms with Crippen LogP contribution in [0.3, 0.4) is 0 Å². The summed E-state index contributed by atoms with van der Waals surface area (Å²) in [5, 5.41) is 10.4. The van der Waals surface area contributed by atoms with Crippen molar-refractivity contribution in [2.45, 2.75) is 19.4 Å². The van der Waals surface area contributed by atoms with E-state index in [4.69, 9.17) is 16.1 Å². The van der Waals surface area contributed by atoms with E-state index in [0.717, 1.165) is 18.0 Å². The molecule has 0 spiro atoms. The van der Waals surface area contributed by atoms with Crippen molar-refractivity contribution in [3.8, 4) is 11.4 Å². The van der Waals surface area contributed by atoms with Gasteiger partial charge in [0.25, 0.3) is 0 Å². The minimum Gasteiger partial charge on any atom is -0.346 e. The van der Waals surface area contributed by atoms with Crippen LogP contribution in [0.15, 0.2) is 28.8 Å².